The van der Waals surface area contributed by atoms with Gasteiger partial charge in [0.1, 0.15) is 23.8 Å². The van der Waals surface area contributed by atoms with E-state index >= 15 is 4.39 Å². The highest BCUT2D eigenvalue weighted by Gasteiger charge is 2.17. The number of amides is 1. The second-order valence-electron chi connectivity index (χ2n) is 7.43. The minimum Gasteiger partial charge on any atom is -0.491 e. The molecule has 10 heteroatoms. The maximum atomic E-state index is 15.2. The number of aromatic amines is 1. The minimum absolute atomic E-state index is 0.0194. The van der Waals surface area contributed by atoms with Crippen LogP contribution in [0, 0.1) is 17.1 Å². The number of aromatic nitrogens is 1. The number of ether oxygens (including phenoxy) is 2. The van der Waals surface area contributed by atoms with Crippen LogP contribution in [0.5, 0.6) is 17.2 Å². The number of fused-ring (bicyclic) bond motifs is 1. The van der Waals surface area contributed by atoms with Gasteiger partial charge in [-0.25, -0.2) is 4.39 Å². The summed E-state index contributed by atoms with van der Waals surface area (Å²) in [7, 11) is 0. The number of nitrogens with one attached hydrogen (secondary N) is 2. The number of hydrogen-bond donors (Lipinski definition) is 3. The Balaban J connectivity index is 1.49. The van der Waals surface area contributed by atoms with E-state index in [1.165, 1.54) is 30.3 Å². The third-order valence-corrected chi connectivity index (χ3v) is 5.50. The Morgan fingerprint density at radius 2 is 1.94 bits per heavy atom. The van der Waals surface area contributed by atoms with Gasteiger partial charge >= 0.3 is 0 Å². The van der Waals surface area contributed by atoms with Gasteiger partial charge in [-0.1, -0.05) is 29.3 Å². The highest BCUT2D eigenvalue weighted by molar-refractivity contribution is 6.32. The second kappa shape index (κ2) is 10.7. The third-order valence-electron chi connectivity index (χ3n) is 4.99. The van der Waals surface area contributed by atoms with Gasteiger partial charge in [-0.2, -0.15) is 5.26 Å². The van der Waals surface area contributed by atoms with Gasteiger partial charge < -0.3 is 24.9 Å². The molecule has 4 aromatic rings. The van der Waals surface area contributed by atoms with Crippen molar-refractivity contribution in [1.29, 1.82) is 5.26 Å². The van der Waals surface area contributed by atoms with Crippen LogP contribution in [0.15, 0.2) is 54.6 Å². The number of hydrogen-bond acceptors (Lipinski definition) is 5. The first kappa shape index (κ1) is 24.4. The summed E-state index contributed by atoms with van der Waals surface area (Å²) in [5.74, 6) is -0.734. The van der Waals surface area contributed by atoms with Crippen molar-refractivity contribution in [3.05, 3.63) is 87.3 Å². The van der Waals surface area contributed by atoms with E-state index in [0.29, 0.717) is 11.3 Å². The summed E-state index contributed by atoms with van der Waals surface area (Å²) in [6.07, 6.45) is 0. The minimum atomic E-state index is -0.751. The molecule has 0 saturated heterocycles. The number of nitriles is 1. The monoisotopic (exact) mass is 513 g/mol. The molecule has 3 N–H and O–H groups in total. The van der Waals surface area contributed by atoms with Crippen molar-refractivity contribution in [3.8, 4) is 23.3 Å². The fraction of sp³-hybridized carbons (Fsp3) is 0.120. The predicted molar refractivity (Wildman–Crippen MR) is 130 cm³/mol. The van der Waals surface area contributed by atoms with Gasteiger partial charge in [0.15, 0.2) is 11.6 Å². The molecule has 178 valence electrons. The molecule has 4 rings (SSSR count). The zero-order chi connectivity index (χ0) is 24.9. The molecule has 0 atom stereocenters. The van der Waals surface area contributed by atoms with Crippen molar-refractivity contribution in [2.75, 3.05) is 13.2 Å². The Morgan fingerprint density at radius 3 is 2.71 bits per heavy atom. The van der Waals surface area contributed by atoms with E-state index in [1.54, 1.807) is 24.3 Å². The zero-order valence-corrected chi connectivity index (χ0v) is 19.6. The van der Waals surface area contributed by atoms with Gasteiger partial charge in [-0.3, -0.25) is 4.79 Å². The van der Waals surface area contributed by atoms with Gasteiger partial charge in [0.2, 0.25) is 0 Å². The van der Waals surface area contributed by atoms with Crippen LogP contribution in [0.2, 0.25) is 10.0 Å². The lowest BCUT2D eigenvalue weighted by molar-refractivity contribution is 0.0946. The predicted octanol–water partition coefficient (Wildman–Crippen LogP) is 5.58. The number of rotatable bonds is 8. The topological polar surface area (TPSA) is 107 Å². The van der Waals surface area contributed by atoms with Crippen LogP contribution in [0.1, 0.15) is 21.6 Å². The summed E-state index contributed by atoms with van der Waals surface area (Å²) >= 11 is 12.1. The first-order valence-electron chi connectivity index (χ1n) is 10.4. The molecule has 0 aliphatic rings. The summed E-state index contributed by atoms with van der Waals surface area (Å²) in [5, 5.41) is 21.7. The Kier molecular flexibility index (Phi) is 7.42. The second-order valence-corrected chi connectivity index (χ2v) is 8.27. The molecule has 0 aliphatic heterocycles. The Morgan fingerprint density at radius 1 is 1.11 bits per heavy atom. The van der Waals surface area contributed by atoms with Gasteiger partial charge in [-0.05, 0) is 42.5 Å². The number of H-pyrrole nitrogens is 1. The fourth-order valence-corrected chi connectivity index (χ4v) is 3.77. The summed E-state index contributed by atoms with van der Waals surface area (Å²) in [6, 6.07) is 16.0. The lowest BCUT2D eigenvalue weighted by Gasteiger charge is -2.13. The van der Waals surface area contributed by atoms with Gasteiger partial charge in [0.05, 0.1) is 23.3 Å². The number of halogens is 3. The van der Waals surface area contributed by atoms with E-state index in [0.717, 1.165) is 5.39 Å². The lowest BCUT2D eigenvalue weighted by atomic mass is 10.2. The molecular weight excluding hydrogens is 496 g/mol. The van der Waals surface area contributed by atoms with E-state index in [4.69, 9.17) is 43.0 Å². The number of benzene rings is 3. The molecule has 1 amide bonds. The third kappa shape index (κ3) is 5.66. The van der Waals surface area contributed by atoms with Crippen LogP contribution >= 0.6 is 23.2 Å². The molecule has 0 unspecified atom stereocenters. The van der Waals surface area contributed by atoms with Crippen LogP contribution < -0.4 is 14.8 Å². The Hall–Kier alpha value is -3.77. The van der Waals surface area contributed by atoms with Crippen LogP contribution in [0.25, 0.3) is 10.9 Å². The number of aliphatic hydroxyl groups is 1. The van der Waals surface area contributed by atoms with Crippen LogP contribution in [-0.4, -0.2) is 29.2 Å². The number of carbonyl (C=O) groups is 1. The van der Waals surface area contributed by atoms with Gasteiger partial charge in [-0.15, -0.1) is 0 Å². The van der Waals surface area contributed by atoms with Crippen molar-refractivity contribution in [1.82, 2.24) is 10.3 Å². The molecule has 0 radical (unpaired) electrons. The van der Waals surface area contributed by atoms with E-state index in [2.05, 4.69) is 10.3 Å². The molecule has 1 aromatic heterocycles. The first-order valence-corrected chi connectivity index (χ1v) is 11.1. The van der Waals surface area contributed by atoms with Crippen molar-refractivity contribution >= 4 is 40.0 Å². The largest absolute Gasteiger partial charge is 0.491 e. The van der Waals surface area contributed by atoms with Crippen LogP contribution in [-0.2, 0) is 6.54 Å². The van der Waals surface area contributed by atoms with Crippen molar-refractivity contribution in [2.24, 2.45) is 0 Å². The molecule has 0 saturated carbocycles. The maximum Gasteiger partial charge on any atom is 0.267 e. The molecule has 7 nitrogen and oxygen atoms in total. The van der Waals surface area contributed by atoms with Gasteiger partial charge in [0, 0.05) is 34.1 Å². The van der Waals surface area contributed by atoms with Crippen LogP contribution in [0.3, 0.4) is 0 Å². The normalized spacial score (nSPS) is 10.7. The number of nitrogens with zero attached hydrogens (tertiary/aromatic N) is 1. The Bertz CT molecular complexity index is 1450. The standard InChI is InChI=1S/C25H18Cl2FN3O4/c26-17-7-14(12-29)8-19(10-17)35-24-20(27)4-2-16(23(24)28)13-30-25(33)22-9-15-1-3-18(34-6-5-32)11-21(15)31-22/h1-4,7-11,31-32H,5-6,13H2,(H,30,33). The lowest BCUT2D eigenvalue weighted by Crippen LogP contribution is -2.23. The van der Waals surface area contributed by atoms with E-state index in [1.807, 2.05) is 6.07 Å². The van der Waals surface area contributed by atoms with Crippen molar-refractivity contribution in [3.63, 3.8) is 0 Å². The molecule has 0 aliphatic carbocycles. The number of carbonyl (C=O) groups excluding carboxylic acids is 1. The molecule has 35 heavy (non-hydrogen) atoms. The van der Waals surface area contributed by atoms with Gasteiger partial charge in [0.25, 0.3) is 5.91 Å². The molecule has 1 heterocycles. The molecular formula is C25H18Cl2FN3O4. The highest BCUT2D eigenvalue weighted by atomic mass is 35.5. The highest BCUT2D eigenvalue weighted by Crippen LogP contribution is 2.35. The average molecular weight is 514 g/mol. The summed E-state index contributed by atoms with van der Waals surface area (Å²) in [4.78, 5) is 15.7. The molecule has 0 bridgehead atoms. The summed E-state index contributed by atoms with van der Waals surface area (Å²) < 4.78 is 26.1. The number of aliphatic hydroxyl groups excluding tert-OH is 1. The smallest absolute Gasteiger partial charge is 0.267 e. The quantitative estimate of drug-likeness (QED) is 0.285. The van der Waals surface area contributed by atoms with E-state index in [9.17, 15) is 4.79 Å². The zero-order valence-electron chi connectivity index (χ0n) is 18.1. The van der Waals surface area contributed by atoms with E-state index in [-0.39, 0.29) is 58.1 Å². The maximum absolute atomic E-state index is 15.2. The molecule has 0 spiro atoms. The molecule has 0 fully saturated rings. The van der Waals surface area contributed by atoms with Crippen molar-refractivity contribution in [2.45, 2.75) is 6.54 Å². The first-order chi connectivity index (χ1) is 16.9. The van der Waals surface area contributed by atoms with Crippen LogP contribution in [0.4, 0.5) is 4.39 Å². The summed E-state index contributed by atoms with van der Waals surface area (Å²) in [6.45, 7) is -0.0729. The van der Waals surface area contributed by atoms with E-state index < -0.39 is 11.7 Å². The van der Waals surface area contributed by atoms with Crippen molar-refractivity contribution < 1.29 is 23.8 Å². The molecule has 3 aromatic carbocycles. The SMILES string of the molecule is N#Cc1cc(Cl)cc(Oc2c(Cl)ccc(CNC(=O)c3cc4ccc(OCCO)cc4[nH]3)c2F)c1. The Labute approximate surface area is 209 Å². The fourth-order valence-electron chi connectivity index (χ4n) is 3.36. The average Bonchev–Trinajstić information content (AvgIpc) is 3.28. The summed E-state index contributed by atoms with van der Waals surface area (Å²) in [5.41, 5.74) is 1.36.